The molecule has 2 amide bonds. The highest BCUT2D eigenvalue weighted by Gasteiger charge is 2.68. The largest absolute Gasteiger partial charge is 0.494 e. The van der Waals surface area contributed by atoms with Gasteiger partial charge in [-0.25, -0.2) is 9.29 Å². The number of anilines is 1. The van der Waals surface area contributed by atoms with E-state index in [4.69, 9.17) is 9.47 Å². The lowest BCUT2D eigenvalue weighted by atomic mass is 9.78. The maximum Gasteiger partial charge on any atom is 0.326 e. The molecule has 2 heterocycles. The molecule has 0 saturated carbocycles. The summed E-state index contributed by atoms with van der Waals surface area (Å²) in [5, 5.41) is 3.19. The molecule has 2 saturated heterocycles. The molecule has 4 rings (SSSR count). The van der Waals surface area contributed by atoms with Crippen LogP contribution in [-0.4, -0.2) is 49.0 Å². The van der Waals surface area contributed by atoms with E-state index in [2.05, 4.69) is 5.32 Å². The van der Waals surface area contributed by atoms with Gasteiger partial charge in [0.15, 0.2) is 0 Å². The molecule has 34 heavy (non-hydrogen) atoms. The van der Waals surface area contributed by atoms with Gasteiger partial charge in [0.1, 0.15) is 17.1 Å². The van der Waals surface area contributed by atoms with E-state index in [9.17, 15) is 18.8 Å². The predicted octanol–water partition coefficient (Wildman–Crippen LogP) is 3.34. The summed E-state index contributed by atoms with van der Waals surface area (Å²) in [7, 11) is 1.25. The molecule has 1 N–H and O–H groups in total. The number of hydrogen-bond acceptors (Lipinski definition) is 7. The molecular weight excluding hydrogens is 459 g/mol. The Hall–Kier alpha value is -2.91. The number of fused-ring (bicyclic) bond motifs is 1. The number of esters is 1. The quantitative estimate of drug-likeness (QED) is 0.453. The monoisotopic (exact) mass is 486 g/mol. The summed E-state index contributed by atoms with van der Waals surface area (Å²) in [6.07, 6.45) is 2.14. The Balaban J connectivity index is 1.83. The van der Waals surface area contributed by atoms with Gasteiger partial charge in [-0.1, -0.05) is 18.2 Å². The van der Waals surface area contributed by atoms with E-state index in [1.807, 2.05) is 13.2 Å². The van der Waals surface area contributed by atoms with Crippen molar-refractivity contribution in [2.45, 2.75) is 24.9 Å². The van der Waals surface area contributed by atoms with Crippen LogP contribution in [0.25, 0.3) is 0 Å². The zero-order valence-corrected chi connectivity index (χ0v) is 20.1. The molecular formula is C25H27FN2O5S. The van der Waals surface area contributed by atoms with E-state index in [0.29, 0.717) is 23.8 Å². The molecule has 0 radical (unpaired) electrons. The molecule has 4 atom stereocenters. The van der Waals surface area contributed by atoms with Crippen LogP contribution in [0.2, 0.25) is 0 Å². The first kappa shape index (κ1) is 24.2. The van der Waals surface area contributed by atoms with Crippen molar-refractivity contribution in [1.29, 1.82) is 0 Å². The molecule has 0 aliphatic carbocycles. The second kappa shape index (κ2) is 9.76. The van der Waals surface area contributed by atoms with E-state index in [1.165, 1.54) is 24.9 Å². The van der Waals surface area contributed by atoms with Crippen molar-refractivity contribution in [2.75, 3.05) is 30.6 Å². The minimum atomic E-state index is -1.46. The molecule has 2 aromatic rings. The predicted molar refractivity (Wildman–Crippen MR) is 127 cm³/mol. The van der Waals surface area contributed by atoms with Gasteiger partial charge in [0.2, 0.25) is 11.8 Å². The van der Waals surface area contributed by atoms with Gasteiger partial charge in [-0.2, -0.15) is 11.8 Å². The summed E-state index contributed by atoms with van der Waals surface area (Å²) < 4.78 is 25.4. The topological polar surface area (TPSA) is 84.9 Å². The van der Waals surface area contributed by atoms with Crippen LogP contribution in [0.15, 0.2) is 48.5 Å². The van der Waals surface area contributed by atoms with E-state index in [0.717, 1.165) is 4.90 Å². The molecule has 4 unspecified atom stereocenters. The zero-order valence-electron chi connectivity index (χ0n) is 19.2. The van der Waals surface area contributed by atoms with Crippen LogP contribution in [0.4, 0.5) is 10.1 Å². The Morgan fingerprint density at radius 3 is 2.47 bits per heavy atom. The molecule has 9 heteroatoms. The number of methoxy groups -OCH3 is 1. The number of ether oxygens (including phenoxy) is 2. The van der Waals surface area contributed by atoms with Gasteiger partial charge in [-0.05, 0) is 55.7 Å². The smallest absolute Gasteiger partial charge is 0.326 e. The summed E-state index contributed by atoms with van der Waals surface area (Å²) in [5.41, 5.74) is -0.840. The number of nitrogens with one attached hydrogen (secondary N) is 1. The highest BCUT2D eigenvalue weighted by atomic mass is 32.2. The normalized spacial score (nSPS) is 26.0. The Labute approximate surface area is 202 Å². The number of rotatable bonds is 8. The van der Waals surface area contributed by atoms with Gasteiger partial charge >= 0.3 is 5.97 Å². The van der Waals surface area contributed by atoms with E-state index in [-0.39, 0.29) is 12.0 Å². The van der Waals surface area contributed by atoms with Crippen LogP contribution in [-0.2, 0) is 19.1 Å². The van der Waals surface area contributed by atoms with Crippen molar-refractivity contribution in [3.63, 3.8) is 0 Å². The third-order valence-electron chi connectivity index (χ3n) is 6.55. The van der Waals surface area contributed by atoms with Crippen molar-refractivity contribution < 1.29 is 28.2 Å². The average molecular weight is 487 g/mol. The number of nitrogens with zero attached hydrogens (tertiary/aromatic N) is 1. The molecule has 0 spiro atoms. The lowest BCUT2D eigenvalue weighted by molar-refractivity contribution is -0.152. The number of halogens is 1. The fraction of sp³-hybridized carbons (Fsp3) is 0.400. The number of hydrogen-bond donors (Lipinski definition) is 1. The first-order valence-corrected chi connectivity index (χ1v) is 12.5. The zero-order chi connectivity index (χ0) is 24.5. The Kier molecular flexibility index (Phi) is 6.95. The van der Waals surface area contributed by atoms with Gasteiger partial charge < -0.3 is 9.47 Å². The van der Waals surface area contributed by atoms with Crippen molar-refractivity contribution in [3.05, 3.63) is 59.9 Å². The van der Waals surface area contributed by atoms with Crippen molar-refractivity contribution >= 4 is 35.2 Å². The van der Waals surface area contributed by atoms with Gasteiger partial charge in [0.05, 0.1) is 31.2 Å². The summed E-state index contributed by atoms with van der Waals surface area (Å²) in [4.78, 5) is 41.8. The van der Waals surface area contributed by atoms with Crippen molar-refractivity contribution in [2.24, 2.45) is 11.8 Å². The van der Waals surface area contributed by atoms with Gasteiger partial charge in [0, 0.05) is 11.6 Å². The highest BCUT2D eigenvalue weighted by Crippen LogP contribution is 2.51. The number of benzene rings is 2. The lowest BCUT2D eigenvalue weighted by Crippen LogP contribution is -2.56. The Bertz CT molecular complexity index is 1090. The summed E-state index contributed by atoms with van der Waals surface area (Å²) >= 11 is 1.51. The van der Waals surface area contributed by atoms with E-state index >= 15 is 0 Å². The molecule has 0 aromatic heterocycles. The SMILES string of the molecule is CCOc1ccc(N2C(=O)C3C(c4ccccc4F)NC(CCSC)(C(=O)OC)C3C2=O)cc1. The van der Waals surface area contributed by atoms with Crippen LogP contribution in [0.1, 0.15) is 24.9 Å². The van der Waals surface area contributed by atoms with Crippen LogP contribution in [0.5, 0.6) is 5.75 Å². The van der Waals surface area contributed by atoms with Crippen molar-refractivity contribution in [1.82, 2.24) is 5.32 Å². The van der Waals surface area contributed by atoms with Crippen LogP contribution >= 0.6 is 11.8 Å². The first-order valence-electron chi connectivity index (χ1n) is 11.1. The average Bonchev–Trinajstić information content (AvgIpc) is 3.32. The number of carbonyl (C=O) groups excluding carboxylic acids is 3. The number of amides is 2. The molecule has 0 bridgehead atoms. The highest BCUT2D eigenvalue weighted by molar-refractivity contribution is 7.98. The Morgan fingerprint density at radius 2 is 1.85 bits per heavy atom. The number of carbonyl (C=O) groups is 3. The molecule has 2 fully saturated rings. The molecule has 180 valence electrons. The van der Waals surface area contributed by atoms with Crippen LogP contribution in [0.3, 0.4) is 0 Å². The molecule has 2 aromatic carbocycles. The van der Waals surface area contributed by atoms with Crippen LogP contribution < -0.4 is 15.0 Å². The lowest BCUT2D eigenvalue weighted by Gasteiger charge is -2.32. The summed E-state index contributed by atoms with van der Waals surface area (Å²) in [6, 6.07) is 11.9. The summed E-state index contributed by atoms with van der Waals surface area (Å²) in [5.74, 6) is -2.96. The molecule has 2 aliphatic rings. The Morgan fingerprint density at radius 1 is 1.15 bits per heavy atom. The fourth-order valence-electron chi connectivity index (χ4n) is 5.07. The third-order valence-corrected chi connectivity index (χ3v) is 7.16. The maximum atomic E-state index is 14.9. The number of imide groups is 1. The summed E-state index contributed by atoms with van der Waals surface area (Å²) in [6.45, 7) is 2.34. The molecule has 2 aliphatic heterocycles. The van der Waals surface area contributed by atoms with Crippen LogP contribution in [0, 0.1) is 17.7 Å². The van der Waals surface area contributed by atoms with E-state index in [1.54, 1.807) is 42.5 Å². The second-order valence-corrected chi connectivity index (χ2v) is 9.28. The van der Waals surface area contributed by atoms with Gasteiger partial charge in [-0.15, -0.1) is 0 Å². The third kappa shape index (κ3) is 3.86. The van der Waals surface area contributed by atoms with Crippen molar-refractivity contribution in [3.8, 4) is 5.75 Å². The minimum Gasteiger partial charge on any atom is -0.494 e. The van der Waals surface area contributed by atoms with Gasteiger partial charge in [0.25, 0.3) is 0 Å². The second-order valence-electron chi connectivity index (χ2n) is 8.29. The first-order chi connectivity index (χ1) is 16.4. The van der Waals surface area contributed by atoms with Gasteiger partial charge in [-0.3, -0.25) is 19.7 Å². The minimum absolute atomic E-state index is 0.238. The molecule has 7 nitrogen and oxygen atoms in total. The fourth-order valence-corrected chi connectivity index (χ4v) is 5.60. The number of thioether (sulfide) groups is 1. The maximum absolute atomic E-state index is 14.9. The standard InChI is InChI=1S/C25H27FN2O5S/c1-4-33-16-11-9-15(10-12-16)28-22(29)19-20(23(28)30)25(13-14-34-3,24(31)32-2)27-21(19)17-7-5-6-8-18(17)26/h5-12,19-21,27H,4,13-14H2,1-3H3. The van der Waals surface area contributed by atoms with E-state index < -0.39 is 47.0 Å².